The molecule has 0 bridgehead atoms. The van der Waals surface area contributed by atoms with Crippen molar-refractivity contribution in [1.82, 2.24) is 4.90 Å². The Morgan fingerprint density at radius 3 is 2.10 bits per heavy atom. The summed E-state index contributed by atoms with van der Waals surface area (Å²) in [4.78, 5) is 25.8. The molecule has 0 radical (unpaired) electrons. The average molecular weight is 295 g/mol. The zero-order chi connectivity index (χ0) is 15.5. The van der Waals surface area contributed by atoms with Gasteiger partial charge in [-0.3, -0.25) is 4.79 Å². The van der Waals surface area contributed by atoms with E-state index in [-0.39, 0.29) is 5.91 Å². The molecule has 1 N–H and O–H groups in total. The van der Waals surface area contributed by atoms with Crippen molar-refractivity contribution in [1.29, 1.82) is 0 Å². The minimum absolute atomic E-state index is 0.293. The van der Waals surface area contributed by atoms with E-state index < -0.39 is 11.5 Å². The third-order valence-electron chi connectivity index (χ3n) is 3.14. The van der Waals surface area contributed by atoms with E-state index in [1.807, 2.05) is 12.1 Å². The van der Waals surface area contributed by atoms with Crippen LogP contribution in [0.3, 0.4) is 0 Å². The molecule has 1 aromatic carbocycles. The SMILES string of the molecule is CC(C)Sc1ccc(C(=O)N(C)C(C)(C)C(=O)O)cc1. The summed E-state index contributed by atoms with van der Waals surface area (Å²) < 4.78 is 0. The molecule has 0 aliphatic rings. The molecule has 0 aliphatic carbocycles. The third-order valence-corrected chi connectivity index (χ3v) is 4.16. The van der Waals surface area contributed by atoms with Crippen molar-refractivity contribution < 1.29 is 14.7 Å². The Morgan fingerprint density at radius 1 is 1.20 bits per heavy atom. The molecule has 0 aromatic heterocycles. The van der Waals surface area contributed by atoms with E-state index in [0.29, 0.717) is 10.8 Å². The molecule has 0 fully saturated rings. The summed E-state index contributed by atoms with van der Waals surface area (Å²) in [6.07, 6.45) is 0. The highest BCUT2D eigenvalue weighted by Gasteiger charge is 2.35. The standard InChI is InChI=1S/C15H21NO3S/c1-10(2)20-12-8-6-11(7-9-12)13(17)16(5)15(3,4)14(18)19/h6-10H,1-5H3,(H,18,19). The van der Waals surface area contributed by atoms with Crippen molar-refractivity contribution in [3.63, 3.8) is 0 Å². The van der Waals surface area contributed by atoms with Gasteiger partial charge in [-0.15, -0.1) is 11.8 Å². The highest BCUT2D eigenvalue weighted by molar-refractivity contribution is 7.99. The van der Waals surface area contributed by atoms with Crippen molar-refractivity contribution in [3.8, 4) is 0 Å². The number of likely N-dealkylation sites (N-methyl/N-ethyl adjacent to an activating group) is 1. The summed E-state index contributed by atoms with van der Waals surface area (Å²) >= 11 is 1.72. The minimum atomic E-state index is -1.23. The van der Waals surface area contributed by atoms with Crippen LogP contribution in [0.25, 0.3) is 0 Å². The van der Waals surface area contributed by atoms with Gasteiger partial charge >= 0.3 is 5.97 Å². The van der Waals surface area contributed by atoms with Crippen LogP contribution in [-0.2, 0) is 4.79 Å². The fourth-order valence-electron chi connectivity index (χ4n) is 1.54. The number of carbonyl (C=O) groups is 2. The van der Waals surface area contributed by atoms with Gasteiger partial charge in [0.15, 0.2) is 0 Å². The van der Waals surface area contributed by atoms with Gasteiger partial charge in [-0.1, -0.05) is 13.8 Å². The lowest BCUT2D eigenvalue weighted by molar-refractivity contribution is -0.147. The highest BCUT2D eigenvalue weighted by atomic mass is 32.2. The number of rotatable bonds is 5. The second kappa shape index (κ2) is 6.31. The predicted molar refractivity (Wildman–Crippen MR) is 81.2 cm³/mol. The Bertz CT molecular complexity index is 494. The van der Waals surface area contributed by atoms with Crippen LogP contribution in [0.5, 0.6) is 0 Å². The number of benzene rings is 1. The first-order valence-corrected chi connectivity index (χ1v) is 7.32. The van der Waals surface area contributed by atoms with Crippen LogP contribution in [-0.4, -0.2) is 39.7 Å². The summed E-state index contributed by atoms with van der Waals surface area (Å²) in [5.74, 6) is -1.32. The van der Waals surface area contributed by atoms with Crippen LogP contribution in [0.1, 0.15) is 38.1 Å². The smallest absolute Gasteiger partial charge is 0.329 e. The molecule has 0 spiro atoms. The number of carboxylic acids is 1. The Labute approximate surface area is 124 Å². The molecular formula is C15H21NO3S. The number of carbonyl (C=O) groups excluding carboxylic acids is 1. The van der Waals surface area contributed by atoms with Crippen LogP contribution in [0.2, 0.25) is 0 Å². The maximum Gasteiger partial charge on any atom is 0.329 e. The largest absolute Gasteiger partial charge is 0.480 e. The first kappa shape index (κ1) is 16.6. The molecule has 0 saturated heterocycles. The van der Waals surface area contributed by atoms with Gasteiger partial charge in [-0.25, -0.2) is 4.79 Å². The summed E-state index contributed by atoms with van der Waals surface area (Å²) in [6, 6.07) is 7.25. The van der Waals surface area contributed by atoms with Crippen molar-refractivity contribution >= 4 is 23.6 Å². The van der Waals surface area contributed by atoms with Gasteiger partial charge in [-0.2, -0.15) is 0 Å². The molecule has 1 aromatic rings. The maximum absolute atomic E-state index is 12.3. The summed E-state index contributed by atoms with van der Waals surface area (Å²) in [6.45, 7) is 7.23. The lowest BCUT2D eigenvalue weighted by Crippen LogP contribution is -2.50. The number of aliphatic carboxylic acids is 1. The lowest BCUT2D eigenvalue weighted by atomic mass is 10.0. The molecule has 110 valence electrons. The van der Waals surface area contributed by atoms with Crippen molar-refractivity contribution in [2.24, 2.45) is 0 Å². The Morgan fingerprint density at radius 2 is 1.70 bits per heavy atom. The predicted octanol–water partition coefficient (Wildman–Crippen LogP) is 3.12. The summed E-state index contributed by atoms with van der Waals surface area (Å²) in [5.41, 5.74) is -0.738. The number of hydrogen-bond acceptors (Lipinski definition) is 3. The normalized spacial score (nSPS) is 11.5. The van der Waals surface area contributed by atoms with E-state index in [1.54, 1.807) is 23.9 Å². The topological polar surface area (TPSA) is 57.6 Å². The fraction of sp³-hybridized carbons (Fsp3) is 0.467. The van der Waals surface area contributed by atoms with Crippen LogP contribution < -0.4 is 0 Å². The number of thioether (sulfide) groups is 1. The zero-order valence-electron chi connectivity index (χ0n) is 12.5. The molecule has 0 unspecified atom stereocenters. The van der Waals surface area contributed by atoms with Gasteiger partial charge in [-0.05, 0) is 38.1 Å². The van der Waals surface area contributed by atoms with Gasteiger partial charge in [0.05, 0.1) is 0 Å². The highest BCUT2D eigenvalue weighted by Crippen LogP contribution is 2.24. The van der Waals surface area contributed by atoms with Gasteiger partial charge < -0.3 is 10.0 Å². The van der Waals surface area contributed by atoms with Crippen molar-refractivity contribution in [3.05, 3.63) is 29.8 Å². The number of nitrogens with zero attached hydrogens (tertiary/aromatic N) is 1. The van der Waals surface area contributed by atoms with E-state index >= 15 is 0 Å². The number of hydrogen-bond donors (Lipinski definition) is 1. The monoisotopic (exact) mass is 295 g/mol. The molecule has 20 heavy (non-hydrogen) atoms. The molecule has 1 amide bonds. The molecule has 0 saturated carbocycles. The second-order valence-electron chi connectivity index (χ2n) is 5.42. The third kappa shape index (κ3) is 3.76. The Hall–Kier alpha value is -1.49. The van der Waals surface area contributed by atoms with Crippen LogP contribution in [0.15, 0.2) is 29.2 Å². The first-order chi connectivity index (χ1) is 9.16. The zero-order valence-corrected chi connectivity index (χ0v) is 13.3. The van der Waals surface area contributed by atoms with Crippen LogP contribution >= 0.6 is 11.8 Å². The fourth-order valence-corrected chi connectivity index (χ4v) is 2.38. The number of carboxylic acid groups (broad SMARTS) is 1. The van der Waals surface area contributed by atoms with E-state index in [1.165, 1.54) is 25.8 Å². The van der Waals surface area contributed by atoms with E-state index in [9.17, 15) is 9.59 Å². The van der Waals surface area contributed by atoms with Gasteiger partial charge in [0, 0.05) is 22.8 Å². The maximum atomic E-state index is 12.3. The lowest BCUT2D eigenvalue weighted by Gasteiger charge is -2.31. The van der Waals surface area contributed by atoms with Gasteiger partial charge in [0.25, 0.3) is 5.91 Å². The quantitative estimate of drug-likeness (QED) is 0.848. The molecular weight excluding hydrogens is 274 g/mol. The summed E-state index contributed by atoms with van der Waals surface area (Å²) in [7, 11) is 1.51. The van der Waals surface area contributed by atoms with E-state index in [4.69, 9.17) is 5.11 Å². The molecule has 1 rings (SSSR count). The average Bonchev–Trinajstić information content (AvgIpc) is 2.37. The molecule has 0 aliphatic heterocycles. The Balaban J connectivity index is 2.90. The molecule has 4 nitrogen and oxygen atoms in total. The summed E-state index contributed by atoms with van der Waals surface area (Å²) in [5, 5.41) is 9.63. The second-order valence-corrected chi connectivity index (χ2v) is 7.07. The number of amides is 1. The molecule has 0 atom stereocenters. The van der Waals surface area contributed by atoms with Crippen LogP contribution in [0.4, 0.5) is 0 Å². The van der Waals surface area contributed by atoms with Gasteiger partial charge in [0.1, 0.15) is 5.54 Å². The first-order valence-electron chi connectivity index (χ1n) is 6.44. The van der Waals surface area contributed by atoms with Crippen LogP contribution in [0, 0.1) is 0 Å². The van der Waals surface area contributed by atoms with Crippen molar-refractivity contribution in [2.45, 2.75) is 43.4 Å². The minimum Gasteiger partial charge on any atom is -0.480 e. The molecule has 5 heteroatoms. The van der Waals surface area contributed by atoms with E-state index in [2.05, 4.69) is 13.8 Å². The Kier molecular flexibility index (Phi) is 5.22. The van der Waals surface area contributed by atoms with E-state index in [0.717, 1.165) is 4.90 Å². The van der Waals surface area contributed by atoms with Gasteiger partial charge in [0.2, 0.25) is 0 Å². The molecule has 0 heterocycles. The van der Waals surface area contributed by atoms with Crippen molar-refractivity contribution in [2.75, 3.05) is 7.05 Å².